The van der Waals surface area contributed by atoms with E-state index in [0.717, 1.165) is 0 Å². The van der Waals surface area contributed by atoms with E-state index in [-0.39, 0.29) is 11.8 Å². The maximum Gasteiger partial charge on any atom is 0.265 e. The van der Waals surface area contributed by atoms with E-state index >= 15 is 0 Å². The van der Waals surface area contributed by atoms with Crippen LogP contribution < -0.4 is 20.1 Å². The summed E-state index contributed by atoms with van der Waals surface area (Å²) in [5.41, 5.74) is 0.969. The van der Waals surface area contributed by atoms with Crippen molar-refractivity contribution in [3.8, 4) is 11.5 Å². The number of methoxy groups -OCH3 is 1. The molecule has 2 amide bonds. The lowest BCUT2D eigenvalue weighted by molar-refractivity contribution is -0.122. The summed E-state index contributed by atoms with van der Waals surface area (Å²) in [4.78, 5) is 23.6. The van der Waals surface area contributed by atoms with Gasteiger partial charge in [-0.1, -0.05) is 23.7 Å². The summed E-state index contributed by atoms with van der Waals surface area (Å²) in [6, 6.07) is 11.9. The Morgan fingerprint density at radius 1 is 1.08 bits per heavy atom. The summed E-state index contributed by atoms with van der Waals surface area (Å²) >= 11 is 6.03. The largest absolute Gasteiger partial charge is 0.495 e. The Morgan fingerprint density at radius 2 is 1.80 bits per heavy atom. The van der Waals surface area contributed by atoms with Gasteiger partial charge in [0.25, 0.3) is 5.91 Å². The summed E-state index contributed by atoms with van der Waals surface area (Å²) in [6.07, 6.45) is -0.783. The van der Waals surface area contributed by atoms with Crippen LogP contribution in [0.25, 0.3) is 0 Å². The first-order valence-electron chi connectivity index (χ1n) is 7.58. The molecule has 1 atom stereocenters. The van der Waals surface area contributed by atoms with Gasteiger partial charge in [0.05, 0.1) is 17.8 Å². The lowest BCUT2D eigenvalue weighted by Gasteiger charge is -2.17. The fourth-order valence-electron chi connectivity index (χ4n) is 2.11. The van der Waals surface area contributed by atoms with Crippen molar-refractivity contribution < 1.29 is 19.1 Å². The normalized spacial score (nSPS) is 11.4. The molecule has 0 saturated carbocycles. The number of amides is 2. The monoisotopic (exact) mass is 362 g/mol. The molecule has 0 radical (unpaired) electrons. The molecule has 0 fully saturated rings. The number of halogens is 1. The third-order valence-corrected chi connectivity index (χ3v) is 3.60. The Balaban J connectivity index is 2.13. The van der Waals surface area contributed by atoms with Gasteiger partial charge in [0.1, 0.15) is 11.5 Å². The number of hydrogen-bond acceptors (Lipinski definition) is 4. The van der Waals surface area contributed by atoms with Gasteiger partial charge in [-0.2, -0.15) is 0 Å². The second kappa shape index (κ2) is 8.39. The number of nitrogens with one attached hydrogen (secondary N) is 2. The van der Waals surface area contributed by atoms with Crippen molar-refractivity contribution >= 4 is 34.8 Å². The van der Waals surface area contributed by atoms with Crippen molar-refractivity contribution in [3.63, 3.8) is 0 Å². The standard InChI is InChI=1S/C18H19ClN2O4/c1-11(25-16-7-5-4-6-14(16)19)18(23)21-15-10-13(20-12(2)22)8-9-17(15)24-3/h4-11H,1-3H3,(H,20,22)(H,21,23). The van der Waals surface area contributed by atoms with Gasteiger partial charge in [-0.25, -0.2) is 0 Å². The quantitative estimate of drug-likeness (QED) is 0.821. The molecule has 0 heterocycles. The van der Waals surface area contributed by atoms with Crippen LogP contribution in [0.4, 0.5) is 11.4 Å². The molecule has 0 spiro atoms. The van der Waals surface area contributed by atoms with Crippen LogP contribution in [0.1, 0.15) is 13.8 Å². The van der Waals surface area contributed by atoms with Crippen LogP contribution in [-0.4, -0.2) is 25.0 Å². The van der Waals surface area contributed by atoms with Crippen molar-refractivity contribution in [2.45, 2.75) is 20.0 Å². The van der Waals surface area contributed by atoms with Gasteiger partial charge >= 0.3 is 0 Å². The van der Waals surface area contributed by atoms with Crippen molar-refractivity contribution in [1.82, 2.24) is 0 Å². The van der Waals surface area contributed by atoms with Gasteiger partial charge in [0.15, 0.2) is 6.10 Å². The lowest BCUT2D eigenvalue weighted by Crippen LogP contribution is -2.30. The van der Waals surface area contributed by atoms with Crippen molar-refractivity contribution in [3.05, 3.63) is 47.5 Å². The molecule has 2 N–H and O–H groups in total. The topological polar surface area (TPSA) is 76.7 Å². The summed E-state index contributed by atoms with van der Waals surface area (Å²) < 4.78 is 10.8. The van der Waals surface area contributed by atoms with Gasteiger partial charge in [-0.3, -0.25) is 9.59 Å². The van der Waals surface area contributed by atoms with E-state index < -0.39 is 6.10 Å². The van der Waals surface area contributed by atoms with E-state index in [0.29, 0.717) is 27.9 Å². The fourth-order valence-corrected chi connectivity index (χ4v) is 2.29. The molecule has 25 heavy (non-hydrogen) atoms. The van der Waals surface area contributed by atoms with E-state index in [1.54, 1.807) is 49.4 Å². The number of para-hydroxylation sites is 1. The molecule has 2 rings (SSSR count). The maximum absolute atomic E-state index is 12.4. The zero-order valence-electron chi connectivity index (χ0n) is 14.1. The van der Waals surface area contributed by atoms with Crippen LogP contribution in [0.5, 0.6) is 11.5 Å². The number of benzene rings is 2. The fraction of sp³-hybridized carbons (Fsp3) is 0.222. The van der Waals surface area contributed by atoms with Crippen molar-refractivity contribution in [2.75, 3.05) is 17.7 Å². The number of carbonyl (C=O) groups excluding carboxylic acids is 2. The molecule has 0 aliphatic carbocycles. The zero-order valence-corrected chi connectivity index (χ0v) is 14.9. The molecule has 132 valence electrons. The molecule has 0 bridgehead atoms. The Bertz CT molecular complexity index is 779. The number of rotatable bonds is 6. The van der Waals surface area contributed by atoms with Crippen LogP contribution in [0.15, 0.2) is 42.5 Å². The van der Waals surface area contributed by atoms with E-state index in [2.05, 4.69) is 10.6 Å². The molecular formula is C18H19ClN2O4. The van der Waals surface area contributed by atoms with E-state index in [4.69, 9.17) is 21.1 Å². The van der Waals surface area contributed by atoms with Crippen LogP contribution in [0.2, 0.25) is 5.02 Å². The van der Waals surface area contributed by atoms with Crippen molar-refractivity contribution in [1.29, 1.82) is 0 Å². The average Bonchev–Trinajstić information content (AvgIpc) is 2.56. The highest BCUT2D eigenvalue weighted by Crippen LogP contribution is 2.29. The summed E-state index contributed by atoms with van der Waals surface area (Å²) in [7, 11) is 1.49. The average molecular weight is 363 g/mol. The smallest absolute Gasteiger partial charge is 0.265 e. The van der Waals surface area contributed by atoms with Gasteiger partial charge in [-0.15, -0.1) is 0 Å². The number of carbonyl (C=O) groups is 2. The van der Waals surface area contributed by atoms with E-state index in [1.807, 2.05) is 0 Å². The van der Waals surface area contributed by atoms with Crippen LogP contribution in [0, 0.1) is 0 Å². The van der Waals surface area contributed by atoms with Crippen molar-refractivity contribution in [2.24, 2.45) is 0 Å². The maximum atomic E-state index is 12.4. The lowest BCUT2D eigenvalue weighted by atomic mass is 10.2. The molecule has 1 unspecified atom stereocenters. The predicted octanol–water partition coefficient (Wildman–Crippen LogP) is 3.71. The minimum Gasteiger partial charge on any atom is -0.495 e. The Hall–Kier alpha value is -2.73. The molecule has 2 aromatic carbocycles. The summed E-state index contributed by atoms with van der Waals surface area (Å²) in [5, 5.41) is 5.81. The van der Waals surface area contributed by atoms with Crippen LogP contribution in [0.3, 0.4) is 0 Å². The first kappa shape index (κ1) is 18.6. The third kappa shape index (κ3) is 5.12. The SMILES string of the molecule is COc1ccc(NC(C)=O)cc1NC(=O)C(C)Oc1ccccc1Cl. The van der Waals surface area contributed by atoms with Gasteiger partial charge in [0, 0.05) is 12.6 Å². The molecule has 2 aromatic rings. The molecule has 0 aliphatic heterocycles. The third-order valence-electron chi connectivity index (χ3n) is 3.29. The Morgan fingerprint density at radius 3 is 2.44 bits per heavy atom. The number of ether oxygens (including phenoxy) is 2. The zero-order chi connectivity index (χ0) is 18.4. The van der Waals surface area contributed by atoms with E-state index in [1.165, 1.54) is 14.0 Å². The summed E-state index contributed by atoms with van der Waals surface area (Å²) in [5.74, 6) is 0.300. The van der Waals surface area contributed by atoms with Gasteiger partial charge < -0.3 is 20.1 Å². The molecule has 7 heteroatoms. The predicted molar refractivity (Wildman–Crippen MR) is 97.5 cm³/mol. The first-order chi connectivity index (χ1) is 11.9. The Kier molecular flexibility index (Phi) is 6.25. The number of anilines is 2. The van der Waals surface area contributed by atoms with E-state index in [9.17, 15) is 9.59 Å². The van der Waals surface area contributed by atoms with Gasteiger partial charge in [-0.05, 0) is 37.3 Å². The second-order valence-electron chi connectivity index (χ2n) is 5.28. The van der Waals surface area contributed by atoms with Crippen LogP contribution >= 0.6 is 11.6 Å². The highest BCUT2D eigenvalue weighted by Gasteiger charge is 2.18. The molecule has 0 saturated heterocycles. The molecular weight excluding hydrogens is 344 g/mol. The minimum atomic E-state index is -0.783. The van der Waals surface area contributed by atoms with Gasteiger partial charge in [0.2, 0.25) is 5.91 Å². The molecule has 0 aromatic heterocycles. The minimum absolute atomic E-state index is 0.210. The highest BCUT2D eigenvalue weighted by molar-refractivity contribution is 6.32. The molecule has 0 aliphatic rings. The van der Waals surface area contributed by atoms with Crippen LogP contribution in [-0.2, 0) is 9.59 Å². The number of hydrogen-bond donors (Lipinski definition) is 2. The first-order valence-corrected chi connectivity index (χ1v) is 7.96. The second-order valence-corrected chi connectivity index (χ2v) is 5.68. The highest BCUT2D eigenvalue weighted by atomic mass is 35.5. The Labute approximate surface area is 151 Å². The summed E-state index contributed by atoms with van der Waals surface area (Å²) in [6.45, 7) is 3.02. The molecule has 6 nitrogen and oxygen atoms in total.